The molecule has 0 fully saturated rings. The quantitative estimate of drug-likeness (QED) is 0.736. The van der Waals surface area contributed by atoms with E-state index in [-0.39, 0.29) is 18.5 Å². The van der Waals surface area contributed by atoms with Crippen LogP contribution in [-0.4, -0.2) is 40.3 Å². The van der Waals surface area contributed by atoms with E-state index < -0.39 is 0 Å². The fourth-order valence-electron chi connectivity index (χ4n) is 2.54. The normalized spacial score (nSPS) is 12.3. The van der Waals surface area contributed by atoms with Crippen LogP contribution in [0.3, 0.4) is 0 Å². The molecule has 0 saturated carbocycles. The zero-order chi connectivity index (χ0) is 18.0. The molecule has 0 unspecified atom stereocenters. The minimum atomic E-state index is 0.0116. The zero-order valence-corrected chi connectivity index (χ0v) is 15.8. The van der Waals surface area contributed by atoms with E-state index in [4.69, 9.17) is 4.98 Å². The summed E-state index contributed by atoms with van der Waals surface area (Å²) in [6.07, 6.45) is 0.919. The third-order valence-electron chi connectivity index (χ3n) is 4.11. The van der Waals surface area contributed by atoms with Gasteiger partial charge in [0.1, 0.15) is 0 Å². The summed E-state index contributed by atoms with van der Waals surface area (Å²) < 4.78 is 2.91. The summed E-state index contributed by atoms with van der Waals surface area (Å²) in [5, 5.41) is 8.40. The number of hydrogen-bond acceptors (Lipinski definition) is 5. The van der Waals surface area contributed by atoms with Gasteiger partial charge in [-0.05, 0) is 32.4 Å². The van der Waals surface area contributed by atoms with E-state index in [1.807, 2.05) is 60.8 Å². The maximum absolute atomic E-state index is 12.1. The number of anilines is 1. The molecule has 1 aromatic carbocycles. The molecule has 3 rings (SSSR count). The molecule has 0 aliphatic heterocycles. The fraction of sp³-hybridized carbons (Fsp3) is 0.389. The summed E-state index contributed by atoms with van der Waals surface area (Å²) in [4.78, 5) is 18.7. The second-order valence-corrected chi connectivity index (χ2v) is 7.19. The van der Waals surface area contributed by atoms with Gasteiger partial charge >= 0.3 is 0 Å². The minimum Gasteiger partial charge on any atom is -0.352 e. The van der Waals surface area contributed by atoms with Gasteiger partial charge in [0.05, 0.1) is 22.6 Å². The van der Waals surface area contributed by atoms with Crippen LogP contribution in [0.25, 0.3) is 16.0 Å². The van der Waals surface area contributed by atoms with Crippen LogP contribution in [0.5, 0.6) is 0 Å². The van der Waals surface area contributed by atoms with Crippen molar-refractivity contribution >= 4 is 32.7 Å². The first-order chi connectivity index (χ1) is 12.0. The molecular weight excluding hydrogens is 334 g/mol. The first-order valence-corrected chi connectivity index (χ1v) is 9.23. The summed E-state index contributed by atoms with van der Waals surface area (Å²) in [6.45, 7) is 6.34. The van der Waals surface area contributed by atoms with Crippen molar-refractivity contribution in [2.24, 2.45) is 0 Å². The highest BCUT2D eigenvalue weighted by Gasteiger charge is 2.18. The maximum Gasteiger partial charge on any atom is 0.239 e. The molecule has 0 aliphatic rings. The summed E-state index contributed by atoms with van der Waals surface area (Å²) in [6, 6.07) is 10.1. The highest BCUT2D eigenvalue weighted by Crippen LogP contribution is 2.31. The maximum atomic E-state index is 12.1. The lowest BCUT2D eigenvalue weighted by Gasteiger charge is -2.17. The predicted octanol–water partition coefficient (Wildman–Crippen LogP) is 3.14. The van der Waals surface area contributed by atoms with Gasteiger partial charge in [-0.15, -0.1) is 0 Å². The SMILES string of the molecule is CC[C@H](C)NC(=O)CN(C)c1nc2c(s1)c(C)nn2-c1ccccc1. The Morgan fingerprint density at radius 2 is 2.08 bits per heavy atom. The molecule has 7 heteroatoms. The van der Waals surface area contributed by atoms with E-state index in [1.54, 1.807) is 11.3 Å². The number of amides is 1. The molecule has 2 aromatic heterocycles. The van der Waals surface area contributed by atoms with Crippen LogP contribution >= 0.6 is 11.3 Å². The molecule has 1 N–H and O–H groups in total. The van der Waals surface area contributed by atoms with Gasteiger partial charge in [0.15, 0.2) is 10.8 Å². The number of thiazole rings is 1. The van der Waals surface area contributed by atoms with Crippen molar-refractivity contribution in [3.8, 4) is 5.69 Å². The van der Waals surface area contributed by atoms with Gasteiger partial charge in [0.25, 0.3) is 0 Å². The number of nitrogens with zero attached hydrogens (tertiary/aromatic N) is 4. The van der Waals surface area contributed by atoms with Crippen molar-refractivity contribution in [1.82, 2.24) is 20.1 Å². The Hall–Kier alpha value is -2.41. The number of carbonyl (C=O) groups excluding carboxylic acids is 1. The molecule has 25 heavy (non-hydrogen) atoms. The Balaban J connectivity index is 1.85. The van der Waals surface area contributed by atoms with Crippen LogP contribution in [0.15, 0.2) is 30.3 Å². The molecule has 2 heterocycles. The molecule has 0 radical (unpaired) electrons. The Morgan fingerprint density at radius 3 is 2.76 bits per heavy atom. The van der Waals surface area contributed by atoms with Gasteiger partial charge in [-0.2, -0.15) is 10.1 Å². The van der Waals surface area contributed by atoms with Crippen molar-refractivity contribution in [1.29, 1.82) is 0 Å². The minimum absolute atomic E-state index is 0.0116. The number of aryl methyl sites for hydroxylation is 1. The molecule has 0 aliphatic carbocycles. The van der Waals surface area contributed by atoms with E-state index in [0.717, 1.165) is 33.3 Å². The highest BCUT2D eigenvalue weighted by atomic mass is 32.1. The molecular formula is C18H23N5OS. The Morgan fingerprint density at radius 1 is 1.36 bits per heavy atom. The smallest absolute Gasteiger partial charge is 0.239 e. The molecule has 0 spiro atoms. The second kappa shape index (κ2) is 7.23. The number of rotatable bonds is 6. The molecule has 0 bridgehead atoms. The largest absolute Gasteiger partial charge is 0.352 e. The van der Waals surface area contributed by atoms with Gasteiger partial charge in [-0.25, -0.2) is 4.68 Å². The van der Waals surface area contributed by atoms with Crippen LogP contribution in [0.2, 0.25) is 0 Å². The van der Waals surface area contributed by atoms with Gasteiger partial charge in [0, 0.05) is 13.1 Å². The topological polar surface area (TPSA) is 63.1 Å². The third-order valence-corrected chi connectivity index (χ3v) is 5.37. The van der Waals surface area contributed by atoms with Crippen molar-refractivity contribution in [3.05, 3.63) is 36.0 Å². The molecule has 3 aromatic rings. The van der Waals surface area contributed by atoms with Crippen LogP contribution < -0.4 is 10.2 Å². The lowest BCUT2D eigenvalue weighted by molar-refractivity contribution is -0.120. The van der Waals surface area contributed by atoms with Crippen molar-refractivity contribution in [2.75, 3.05) is 18.5 Å². The standard InChI is InChI=1S/C18H23N5OS/c1-5-12(2)19-15(24)11-22(4)18-20-17-16(25-18)13(3)21-23(17)14-9-7-6-8-10-14/h6-10,12H,5,11H2,1-4H3,(H,19,24)/t12-/m0/s1. The third kappa shape index (κ3) is 3.66. The number of fused-ring (bicyclic) bond motifs is 1. The van der Waals surface area contributed by atoms with E-state index in [2.05, 4.69) is 17.3 Å². The van der Waals surface area contributed by atoms with Crippen LogP contribution in [0.1, 0.15) is 26.0 Å². The first-order valence-electron chi connectivity index (χ1n) is 8.41. The number of para-hydroxylation sites is 1. The summed E-state index contributed by atoms with van der Waals surface area (Å²) in [5.74, 6) is 0.0116. The van der Waals surface area contributed by atoms with Gasteiger partial charge in [-0.3, -0.25) is 4.79 Å². The summed E-state index contributed by atoms with van der Waals surface area (Å²) >= 11 is 1.57. The first kappa shape index (κ1) is 17.4. The van der Waals surface area contributed by atoms with Crippen LogP contribution in [0, 0.1) is 6.92 Å². The molecule has 1 atom stereocenters. The Bertz CT molecular complexity index is 870. The predicted molar refractivity (Wildman–Crippen MR) is 103 cm³/mol. The molecule has 132 valence electrons. The lowest BCUT2D eigenvalue weighted by atomic mass is 10.2. The van der Waals surface area contributed by atoms with Crippen molar-refractivity contribution < 1.29 is 4.79 Å². The van der Waals surface area contributed by atoms with Gasteiger partial charge in [-0.1, -0.05) is 36.5 Å². The summed E-state index contributed by atoms with van der Waals surface area (Å²) in [7, 11) is 1.89. The van der Waals surface area contributed by atoms with E-state index >= 15 is 0 Å². The van der Waals surface area contributed by atoms with Gasteiger partial charge < -0.3 is 10.2 Å². The number of hydrogen-bond donors (Lipinski definition) is 1. The zero-order valence-electron chi connectivity index (χ0n) is 15.0. The van der Waals surface area contributed by atoms with E-state index in [1.165, 1.54) is 0 Å². The Labute approximate surface area is 151 Å². The average Bonchev–Trinajstić information content (AvgIpc) is 3.16. The Kier molecular flexibility index (Phi) is 5.03. The molecule has 6 nitrogen and oxygen atoms in total. The second-order valence-electron chi connectivity index (χ2n) is 6.21. The molecule has 0 saturated heterocycles. The van der Waals surface area contributed by atoms with Crippen molar-refractivity contribution in [2.45, 2.75) is 33.2 Å². The summed E-state index contributed by atoms with van der Waals surface area (Å²) in [5.41, 5.74) is 2.76. The van der Waals surface area contributed by atoms with E-state index in [9.17, 15) is 4.79 Å². The highest BCUT2D eigenvalue weighted by molar-refractivity contribution is 7.22. The van der Waals surface area contributed by atoms with Crippen LogP contribution in [-0.2, 0) is 4.79 Å². The number of benzene rings is 1. The number of carbonyl (C=O) groups is 1. The fourth-order valence-corrected chi connectivity index (χ4v) is 3.49. The number of likely N-dealkylation sites (N-methyl/N-ethyl adjacent to an activating group) is 1. The lowest BCUT2D eigenvalue weighted by Crippen LogP contribution is -2.39. The average molecular weight is 357 g/mol. The number of aromatic nitrogens is 3. The van der Waals surface area contributed by atoms with Crippen molar-refractivity contribution in [3.63, 3.8) is 0 Å². The monoisotopic (exact) mass is 357 g/mol. The number of nitrogens with one attached hydrogen (secondary N) is 1. The molecule has 1 amide bonds. The van der Waals surface area contributed by atoms with Gasteiger partial charge in [0.2, 0.25) is 5.91 Å². The van der Waals surface area contributed by atoms with E-state index in [0.29, 0.717) is 0 Å². The van der Waals surface area contributed by atoms with Crippen LogP contribution in [0.4, 0.5) is 5.13 Å².